The fraction of sp³-hybridized carbons (Fsp3) is 0.385. The standard InChI is InChI=1S/C13H14FNO4.ClH/c14-10-2-1-3-11(6-10)19-8-12(16)15-5-4-9(7-15)13(17)18;/h1-3,6,9H,4-5,7-8H2,(H,17,18);1H. The molecule has 0 aromatic heterocycles. The molecule has 0 bridgehead atoms. The van der Waals surface area contributed by atoms with Crippen molar-refractivity contribution in [3.8, 4) is 5.75 Å². The summed E-state index contributed by atoms with van der Waals surface area (Å²) in [6.07, 6.45) is 0.459. The summed E-state index contributed by atoms with van der Waals surface area (Å²) in [5, 5.41) is 8.84. The molecular formula is C13H15ClFNO4. The number of ether oxygens (including phenoxy) is 1. The van der Waals surface area contributed by atoms with E-state index >= 15 is 0 Å². The third-order valence-corrected chi connectivity index (χ3v) is 3.05. The predicted molar refractivity (Wildman–Crippen MR) is 71.5 cm³/mol. The minimum atomic E-state index is -0.888. The summed E-state index contributed by atoms with van der Waals surface area (Å²) < 4.78 is 18.1. The van der Waals surface area contributed by atoms with Crippen molar-refractivity contribution in [2.24, 2.45) is 5.92 Å². The van der Waals surface area contributed by atoms with Gasteiger partial charge in [0, 0.05) is 19.2 Å². The van der Waals surface area contributed by atoms with E-state index in [9.17, 15) is 14.0 Å². The van der Waals surface area contributed by atoms with Crippen molar-refractivity contribution in [1.29, 1.82) is 0 Å². The Bertz CT molecular complexity index is 497. The van der Waals surface area contributed by atoms with E-state index in [0.717, 1.165) is 0 Å². The molecule has 0 radical (unpaired) electrons. The molecule has 1 heterocycles. The maximum Gasteiger partial charge on any atom is 0.308 e. The number of hydrogen-bond acceptors (Lipinski definition) is 3. The Morgan fingerprint density at radius 1 is 1.45 bits per heavy atom. The van der Waals surface area contributed by atoms with Gasteiger partial charge in [-0.3, -0.25) is 9.59 Å². The van der Waals surface area contributed by atoms with Crippen molar-refractivity contribution < 1.29 is 23.8 Å². The molecule has 1 saturated heterocycles. The lowest BCUT2D eigenvalue weighted by Crippen LogP contribution is -2.33. The summed E-state index contributed by atoms with van der Waals surface area (Å²) in [5.74, 6) is -1.83. The second-order valence-electron chi connectivity index (χ2n) is 4.41. The molecule has 5 nitrogen and oxygen atoms in total. The third kappa shape index (κ3) is 4.09. The van der Waals surface area contributed by atoms with E-state index < -0.39 is 17.7 Å². The fourth-order valence-electron chi connectivity index (χ4n) is 1.98. The fourth-order valence-corrected chi connectivity index (χ4v) is 1.98. The van der Waals surface area contributed by atoms with Crippen LogP contribution in [0.1, 0.15) is 6.42 Å². The number of amides is 1. The second-order valence-corrected chi connectivity index (χ2v) is 4.41. The minimum Gasteiger partial charge on any atom is -0.484 e. The first-order chi connectivity index (χ1) is 9.06. The number of rotatable bonds is 4. The van der Waals surface area contributed by atoms with Crippen molar-refractivity contribution in [2.75, 3.05) is 19.7 Å². The number of halogens is 2. The molecule has 1 fully saturated rings. The number of aliphatic carboxylic acids is 1. The van der Waals surface area contributed by atoms with E-state index in [2.05, 4.69) is 0 Å². The van der Waals surface area contributed by atoms with Crippen LogP contribution in [0.2, 0.25) is 0 Å². The zero-order valence-electron chi connectivity index (χ0n) is 10.6. The van der Waals surface area contributed by atoms with Crippen LogP contribution in [0.3, 0.4) is 0 Å². The van der Waals surface area contributed by atoms with Crippen LogP contribution >= 0.6 is 12.4 Å². The highest BCUT2D eigenvalue weighted by molar-refractivity contribution is 5.85. The first-order valence-electron chi connectivity index (χ1n) is 5.95. The van der Waals surface area contributed by atoms with E-state index in [1.54, 1.807) is 6.07 Å². The summed E-state index contributed by atoms with van der Waals surface area (Å²) in [6.45, 7) is 0.415. The lowest BCUT2D eigenvalue weighted by Gasteiger charge is -2.16. The van der Waals surface area contributed by atoms with Crippen LogP contribution in [-0.2, 0) is 9.59 Å². The molecule has 1 atom stereocenters. The lowest BCUT2D eigenvalue weighted by atomic mass is 10.1. The zero-order chi connectivity index (χ0) is 13.8. The molecule has 110 valence electrons. The van der Waals surface area contributed by atoms with Crippen LogP contribution in [0.25, 0.3) is 0 Å². The van der Waals surface area contributed by atoms with Gasteiger partial charge in [-0.2, -0.15) is 0 Å². The van der Waals surface area contributed by atoms with Gasteiger partial charge >= 0.3 is 5.97 Å². The van der Waals surface area contributed by atoms with Gasteiger partial charge in [-0.25, -0.2) is 4.39 Å². The number of benzene rings is 1. The van der Waals surface area contributed by atoms with Crippen molar-refractivity contribution in [2.45, 2.75) is 6.42 Å². The van der Waals surface area contributed by atoms with E-state index in [-0.39, 0.29) is 37.2 Å². The maximum absolute atomic E-state index is 12.9. The van der Waals surface area contributed by atoms with Crippen molar-refractivity contribution in [3.63, 3.8) is 0 Å². The Morgan fingerprint density at radius 3 is 2.80 bits per heavy atom. The highest BCUT2D eigenvalue weighted by Crippen LogP contribution is 2.17. The Hall–Kier alpha value is -1.82. The average molecular weight is 304 g/mol. The summed E-state index contributed by atoms with van der Waals surface area (Å²) in [7, 11) is 0. The first kappa shape index (κ1) is 16.2. The molecule has 7 heteroatoms. The summed E-state index contributed by atoms with van der Waals surface area (Å²) in [5.41, 5.74) is 0. The topological polar surface area (TPSA) is 66.8 Å². The summed E-state index contributed by atoms with van der Waals surface area (Å²) >= 11 is 0. The number of likely N-dealkylation sites (tertiary alicyclic amines) is 1. The molecule has 1 N–H and O–H groups in total. The van der Waals surface area contributed by atoms with Crippen molar-refractivity contribution in [3.05, 3.63) is 30.1 Å². The van der Waals surface area contributed by atoms with Crippen molar-refractivity contribution in [1.82, 2.24) is 4.90 Å². The zero-order valence-corrected chi connectivity index (χ0v) is 11.4. The monoisotopic (exact) mass is 303 g/mol. The predicted octanol–water partition coefficient (Wildman–Crippen LogP) is 1.56. The second kappa shape index (κ2) is 7.09. The molecular weight excluding hydrogens is 289 g/mol. The maximum atomic E-state index is 12.9. The van der Waals surface area contributed by atoms with Gasteiger partial charge in [0.15, 0.2) is 6.61 Å². The van der Waals surface area contributed by atoms with Gasteiger partial charge in [0.1, 0.15) is 11.6 Å². The first-order valence-corrected chi connectivity index (χ1v) is 5.95. The molecule has 0 spiro atoms. The summed E-state index contributed by atoms with van der Waals surface area (Å²) in [4.78, 5) is 24.0. The number of carboxylic acids is 1. The Morgan fingerprint density at radius 2 is 2.20 bits per heavy atom. The van der Waals surface area contributed by atoms with Gasteiger partial charge in [0.2, 0.25) is 0 Å². The number of nitrogens with zero attached hydrogens (tertiary/aromatic N) is 1. The molecule has 1 aliphatic rings. The Labute approximate surface area is 121 Å². The summed E-state index contributed by atoms with van der Waals surface area (Å²) in [6, 6.07) is 5.52. The molecule has 0 aliphatic carbocycles. The van der Waals surface area contributed by atoms with Gasteiger partial charge < -0.3 is 14.7 Å². The minimum absolute atomic E-state index is 0. The number of carbonyl (C=O) groups excluding carboxylic acids is 1. The molecule has 1 aromatic carbocycles. The van der Waals surface area contributed by atoms with Gasteiger partial charge in [0.05, 0.1) is 5.92 Å². The molecule has 1 aromatic rings. The van der Waals surface area contributed by atoms with Crippen LogP contribution in [0.4, 0.5) is 4.39 Å². The quantitative estimate of drug-likeness (QED) is 0.916. The Kier molecular flexibility index (Phi) is 5.76. The molecule has 0 saturated carbocycles. The van der Waals surface area contributed by atoms with E-state index in [4.69, 9.17) is 9.84 Å². The smallest absolute Gasteiger partial charge is 0.308 e. The van der Waals surface area contributed by atoms with Crippen LogP contribution in [0.5, 0.6) is 5.75 Å². The highest BCUT2D eigenvalue weighted by Gasteiger charge is 2.30. The largest absolute Gasteiger partial charge is 0.484 e. The number of carbonyl (C=O) groups is 2. The van der Waals surface area contributed by atoms with E-state index in [0.29, 0.717) is 13.0 Å². The molecule has 1 amide bonds. The van der Waals surface area contributed by atoms with E-state index in [1.165, 1.54) is 23.1 Å². The van der Waals surface area contributed by atoms with Gasteiger partial charge in [0.25, 0.3) is 5.91 Å². The SMILES string of the molecule is Cl.O=C(O)C1CCN(C(=O)COc2cccc(F)c2)C1. The highest BCUT2D eigenvalue weighted by atomic mass is 35.5. The van der Waals surface area contributed by atoms with Crippen LogP contribution in [0, 0.1) is 11.7 Å². The normalized spacial score (nSPS) is 17.4. The van der Waals surface area contributed by atoms with Gasteiger partial charge in [-0.15, -0.1) is 12.4 Å². The molecule has 20 heavy (non-hydrogen) atoms. The number of carboxylic acid groups (broad SMARTS) is 1. The third-order valence-electron chi connectivity index (χ3n) is 3.05. The Balaban J connectivity index is 0.00000200. The molecule has 1 unspecified atom stereocenters. The molecule has 2 rings (SSSR count). The average Bonchev–Trinajstić information content (AvgIpc) is 2.86. The number of hydrogen-bond donors (Lipinski definition) is 1. The lowest BCUT2D eigenvalue weighted by molar-refractivity contribution is -0.141. The van der Waals surface area contributed by atoms with E-state index in [1.807, 2.05) is 0 Å². The van der Waals surface area contributed by atoms with Crippen molar-refractivity contribution >= 4 is 24.3 Å². The van der Waals surface area contributed by atoms with Gasteiger partial charge in [-0.05, 0) is 18.6 Å². The van der Waals surface area contributed by atoms with Crippen LogP contribution in [-0.4, -0.2) is 41.6 Å². The van der Waals surface area contributed by atoms with Gasteiger partial charge in [-0.1, -0.05) is 6.07 Å². The van der Waals surface area contributed by atoms with Crippen LogP contribution < -0.4 is 4.74 Å². The van der Waals surface area contributed by atoms with Crippen LogP contribution in [0.15, 0.2) is 24.3 Å². The molecule has 1 aliphatic heterocycles.